The Labute approximate surface area is 76.7 Å². The lowest BCUT2D eigenvalue weighted by molar-refractivity contribution is 0.824. The van der Waals surface area contributed by atoms with Crippen molar-refractivity contribution in [3.8, 4) is 0 Å². The van der Waals surface area contributed by atoms with Gasteiger partial charge in [-0.2, -0.15) is 0 Å². The Kier molecular flexibility index (Phi) is 4.44. The molecule has 0 bridgehead atoms. The fourth-order valence-electron chi connectivity index (χ4n) is 1.23. The Morgan fingerprint density at radius 2 is 1.67 bits per heavy atom. The lowest BCUT2D eigenvalue weighted by Gasteiger charge is -2.08. The molecule has 0 heterocycles. The second-order valence-electron chi connectivity index (χ2n) is 3.00. The molecule has 68 valence electrons. The summed E-state index contributed by atoms with van der Waals surface area (Å²) in [6.07, 6.45) is 1.06. The monoisotopic (exact) mass is 184 g/mol. The number of hydrogen-bond acceptors (Lipinski definition) is 0. The molecule has 1 atom stereocenters. The van der Waals surface area contributed by atoms with Crippen molar-refractivity contribution in [3.05, 3.63) is 34.4 Å². The van der Waals surface area contributed by atoms with E-state index in [-0.39, 0.29) is 5.48 Å². The van der Waals surface area contributed by atoms with Crippen LogP contribution < -0.4 is 0 Å². The molecule has 1 unspecified atom stereocenters. The van der Waals surface area contributed by atoms with Gasteiger partial charge in [0, 0.05) is 0 Å². The highest BCUT2D eigenvalue weighted by Gasteiger charge is 2.00. The number of rotatable bonds is 1. The van der Waals surface area contributed by atoms with Gasteiger partial charge in [-0.15, -0.1) is 9.24 Å². The molecule has 0 radical (unpaired) electrons. The minimum Gasteiger partial charge on any atom is -0.412 e. The van der Waals surface area contributed by atoms with E-state index in [4.69, 9.17) is 0 Å². The molecule has 0 aromatic heterocycles. The average molecular weight is 184 g/mol. The minimum absolute atomic E-state index is 0. The Bertz CT molecular complexity index is 269. The van der Waals surface area contributed by atoms with Crippen LogP contribution in [0.25, 0.3) is 0 Å². The number of aryl methyl sites for hydroxylation is 1. The van der Waals surface area contributed by atoms with Gasteiger partial charge in [0.25, 0.3) is 0 Å². The van der Waals surface area contributed by atoms with Gasteiger partial charge in [0.2, 0.25) is 0 Å². The topological polar surface area (TPSA) is 31.5 Å². The van der Waals surface area contributed by atoms with Crippen molar-refractivity contribution in [1.82, 2.24) is 0 Å². The zero-order valence-corrected chi connectivity index (χ0v) is 9.09. The van der Waals surface area contributed by atoms with Crippen LogP contribution in [0.5, 0.6) is 0 Å². The average Bonchev–Trinajstić information content (AvgIpc) is 2.01. The molecular formula is C10H17OP. The maximum absolute atomic E-state index is 2.77. The lowest BCUT2D eigenvalue weighted by atomic mass is 10.00. The van der Waals surface area contributed by atoms with E-state index < -0.39 is 0 Å². The predicted octanol–water partition coefficient (Wildman–Crippen LogP) is 2.16. The second-order valence-corrected chi connectivity index (χ2v) is 3.40. The standard InChI is InChI=1S/C10H15P.H2O/c1-7-4-5-10(6-11)9(3)8(7)2;/h4-5H,6,11H2,1-3H3;1H2. The van der Waals surface area contributed by atoms with Crippen LogP contribution in [0.1, 0.15) is 22.3 Å². The van der Waals surface area contributed by atoms with E-state index in [9.17, 15) is 0 Å². The summed E-state index contributed by atoms with van der Waals surface area (Å²) < 4.78 is 0. The Balaban J connectivity index is 0.00000121. The maximum Gasteiger partial charge on any atom is -0.0126 e. The van der Waals surface area contributed by atoms with Crippen LogP contribution in [-0.4, -0.2) is 5.48 Å². The fourth-order valence-corrected chi connectivity index (χ4v) is 1.68. The van der Waals surface area contributed by atoms with Gasteiger partial charge in [-0.3, -0.25) is 0 Å². The van der Waals surface area contributed by atoms with E-state index >= 15 is 0 Å². The molecule has 1 aromatic rings. The highest BCUT2D eigenvalue weighted by atomic mass is 31.0. The summed E-state index contributed by atoms with van der Waals surface area (Å²) in [5, 5.41) is 0. The van der Waals surface area contributed by atoms with Crippen molar-refractivity contribution in [2.45, 2.75) is 26.9 Å². The van der Waals surface area contributed by atoms with Crippen LogP contribution in [0.15, 0.2) is 12.1 Å². The summed E-state index contributed by atoms with van der Waals surface area (Å²) in [5.74, 6) is 0. The van der Waals surface area contributed by atoms with E-state index in [2.05, 4.69) is 42.1 Å². The van der Waals surface area contributed by atoms with Crippen LogP contribution in [0.2, 0.25) is 0 Å². The van der Waals surface area contributed by atoms with Crippen LogP contribution in [0.3, 0.4) is 0 Å². The molecule has 0 aliphatic rings. The normalized spacial score (nSPS) is 9.33. The molecular weight excluding hydrogens is 167 g/mol. The van der Waals surface area contributed by atoms with Gasteiger partial charge in [0.1, 0.15) is 0 Å². The Hall–Kier alpha value is -0.390. The molecule has 2 N–H and O–H groups in total. The van der Waals surface area contributed by atoms with Crippen molar-refractivity contribution < 1.29 is 5.48 Å². The van der Waals surface area contributed by atoms with E-state index in [1.54, 1.807) is 0 Å². The first kappa shape index (κ1) is 11.6. The third-order valence-corrected chi connectivity index (χ3v) is 2.83. The zero-order valence-electron chi connectivity index (χ0n) is 7.94. The zero-order chi connectivity index (χ0) is 8.43. The van der Waals surface area contributed by atoms with Gasteiger partial charge in [0.05, 0.1) is 0 Å². The highest BCUT2D eigenvalue weighted by Crippen LogP contribution is 2.18. The van der Waals surface area contributed by atoms with Gasteiger partial charge < -0.3 is 5.48 Å². The molecule has 1 nitrogen and oxygen atoms in total. The van der Waals surface area contributed by atoms with Crippen molar-refractivity contribution in [3.63, 3.8) is 0 Å². The van der Waals surface area contributed by atoms with Crippen molar-refractivity contribution >= 4 is 9.24 Å². The molecule has 2 heteroatoms. The predicted molar refractivity (Wildman–Crippen MR) is 57.7 cm³/mol. The summed E-state index contributed by atoms with van der Waals surface area (Å²) in [5.41, 5.74) is 5.72. The number of hydrogen-bond donors (Lipinski definition) is 0. The number of benzene rings is 1. The molecule has 0 aliphatic carbocycles. The summed E-state index contributed by atoms with van der Waals surface area (Å²) in [4.78, 5) is 0. The van der Waals surface area contributed by atoms with Crippen LogP contribution >= 0.6 is 9.24 Å². The quantitative estimate of drug-likeness (QED) is 0.599. The second kappa shape index (κ2) is 4.59. The van der Waals surface area contributed by atoms with Crippen molar-refractivity contribution in [2.24, 2.45) is 0 Å². The SMILES string of the molecule is Cc1ccc(CP)c(C)c1C.O. The first-order valence-corrected chi connectivity index (χ1v) is 4.74. The third kappa shape index (κ3) is 2.06. The summed E-state index contributed by atoms with van der Waals surface area (Å²) in [6.45, 7) is 6.55. The molecule has 0 saturated heterocycles. The third-order valence-electron chi connectivity index (χ3n) is 2.39. The van der Waals surface area contributed by atoms with E-state index in [0.29, 0.717) is 0 Å². The van der Waals surface area contributed by atoms with Crippen LogP contribution in [0.4, 0.5) is 0 Å². The molecule has 0 amide bonds. The summed E-state index contributed by atoms with van der Waals surface area (Å²) in [6, 6.07) is 4.41. The van der Waals surface area contributed by atoms with E-state index in [0.717, 1.165) is 6.16 Å². The Morgan fingerprint density at radius 1 is 1.08 bits per heavy atom. The molecule has 0 spiro atoms. The lowest BCUT2D eigenvalue weighted by Crippen LogP contribution is -1.91. The van der Waals surface area contributed by atoms with E-state index in [1.165, 1.54) is 22.3 Å². The first-order valence-electron chi connectivity index (χ1n) is 3.92. The minimum atomic E-state index is 0. The maximum atomic E-state index is 2.77. The van der Waals surface area contributed by atoms with Gasteiger partial charge in [-0.25, -0.2) is 0 Å². The van der Waals surface area contributed by atoms with Crippen LogP contribution in [-0.2, 0) is 6.16 Å². The van der Waals surface area contributed by atoms with Gasteiger partial charge in [-0.05, 0) is 49.2 Å². The molecule has 0 saturated carbocycles. The van der Waals surface area contributed by atoms with E-state index in [1.807, 2.05) is 0 Å². The van der Waals surface area contributed by atoms with Gasteiger partial charge in [-0.1, -0.05) is 12.1 Å². The van der Waals surface area contributed by atoms with Crippen molar-refractivity contribution in [2.75, 3.05) is 0 Å². The molecule has 1 aromatic carbocycles. The summed E-state index contributed by atoms with van der Waals surface area (Å²) in [7, 11) is 2.77. The molecule has 12 heavy (non-hydrogen) atoms. The smallest absolute Gasteiger partial charge is 0.0126 e. The van der Waals surface area contributed by atoms with Crippen LogP contribution in [0, 0.1) is 20.8 Å². The van der Waals surface area contributed by atoms with Gasteiger partial charge in [0.15, 0.2) is 0 Å². The van der Waals surface area contributed by atoms with Crippen molar-refractivity contribution in [1.29, 1.82) is 0 Å². The fraction of sp³-hybridized carbons (Fsp3) is 0.400. The molecule has 0 fully saturated rings. The van der Waals surface area contributed by atoms with Gasteiger partial charge >= 0.3 is 0 Å². The molecule has 0 aliphatic heterocycles. The summed E-state index contributed by atoms with van der Waals surface area (Å²) >= 11 is 0. The molecule has 1 rings (SSSR count). The largest absolute Gasteiger partial charge is 0.412 e. The highest BCUT2D eigenvalue weighted by molar-refractivity contribution is 7.15. The first-order chi connectivity index (χ1) is 5.16. The Morgan fingerprint density at radius 3 is 2.17 bits per heavy atom.